The molecule has 1 heterocycles. The van der Waals surface area contributed by atoms with E-state index in [1.165, 1.54) is 19.3 Å². The molecule has 1 aliphatic heterocycles. The van der Waals surface area contributed by atoms with Crippen molar-refractivity contribution >= 4 is 11.6 Å². The zero-order valence-electron chi connectivity index (χ0n) is 19.9. The molecule has 1 saturated heterocycles. The van der Waals surface area contributed by atoms with Gasteiger partial charge in [0.05, 0.1) is 6.61 Å². The van der Waals surface area contributed by atoms with Gasteiger partial charge in [0.25, 0.3) is 0 Å². The molecule has 5 heteroatoms. The van der Waals surface area contributed by atoms with Gasteiger partial charge in [0.2, 0.25) is 0 Å². The van der Waals surface area contributed by atoms with E-state index in [2.05, 4.69) is 56.6 Å². The average Bonchev–Trinajstić information content (AvgIpc) is 2.72. The van der Waals surface area contributed by atoms with Crippen LogP contribution in [0.3, 0.4) is 0 Å². The van der Waals surface area contributed by atoms with Gasteiger partial charge < -0.3 is 20.3 Å². The fourth-order valence-corrected chi connectivity index (χ4v) is 3.92. The molecule has 3 N–H and O–H groups in total. The van der Waals surface area contributed by atoms with Gasteiger partial charge in [0.1, 0.15) is 5.75 Å². The Balaban J connectivity index is 2.07. The normalized spacial score (nSPS) is 17.3. The van der Waals surface area contributed by atoms with Gasteiger partial charge in [-0.05, 0) is 81.2 Å². The van der Waals surface area contributed by atoms with E-state index in [0.29, 0.717) is 18.5 Å². The summed E-state index contributed by atoms with van der Waals surface area (Å²) >= 11 is 0. The Morgan fingerprint density at radius 2 is 1.93 bits per heavy atom. The van der Waals surface area contributed by atoms with Crippen LogP contribution < -0.4 is 15.4 Å². The predicted molar refractivity (Wildman–Crippen MR) is 129 cm³/mol. The third-order valence-corrected chi connectivity index (χ3v) is 6.06. The molecule has 0 bridgehead atoms. The maximum atomic E-state index is 8.99. The number of nitrogens with zero attached hydrogens (tertiary/aromatic N) is 2. The highest BCUT2D eigenvalue weighted by atomic mass is 16.5. The molecule has 1 aromatic rings. The van der Waals surface area contributed by atoms with Crippen LogP contribution in [0.5, 0.6) is 5.75 Å². The van der Waals surface area contributed by atoms with Crippen LogP contribution in [0.25, 0.3) is 0 Å². The fraction of sp³-hybridized carbons (Fsp3) is 0.720. The molecule has 1 fully saturated rings. The topological polar surface area (TPSA) is 65.6 Å². The number of nitrogens with two attached hydrogens (primary N) is 1. The third kappa shape index (κ3) is 7.50. The Morgan fingerprint density at radius 3 is 2.53 bits per heavy atom. The van der Waals surface area contributed by atoms with Crippen molar-refractivity contribution in [2.75, 3.05) is 31.1 Å². The Kier molecular flexibility index (Phi) is 9.47. The number of rotatable bonds is 10. The van der Waals surface area contributed by atoms with E-state index in [1.807, 2.05) is 12.1 Å². The van der Waals surface area contributed by atoms with Crippen LogP contribution in [-0.2, 0) is 0 Å². The lowest BCUT2D eigenvalue weighted by Gasteiger charge is -2.42. The summed E-state index contributed by atoms with van der Waals surface area (Å²) in [5.74, 6) is 2.25. The zero-order chi connectivity index (χ0) is 22.1. The second kappa shape index (κ2) is 11.6. The predicted octanol–water partition coefficient (Wildman–Crippen LogP) is 5.49. The molecule has 0 aromatic heterocycles. The van der Waals surface area contributed by atoms with Crippen LogP contribution >= 0.6 is 0 Å². The van der Waals surface area contributed by atoms with Gasteiger partial charge in [-0.3, -0.25) is 5.41 Å². The van der Waals surface area contributed by atoms with Crippen molar-refractivity contribution in [2.24, 2.45) is 17.1 Å². The van der Waals surface area contributed by atoms with Crippen LogP contribution in [0.4, 0.5) is 5.69 Å². The van der Waals surface area contributed by atoms with Gasteiger partial charge in [-0.2, -0.15) is 0 Å². The van der Waals surface area contributed by atoms with Gasteiger partial charge in [-0.15, -0.1) is 0 Å². The SMILES string of the molecule is CC(C)CCCCOc1ccc(N(CC(C)(C)CN)C(=N)N2CCCCC2C)cc1. The Bertz CT molecular complexity index is 641. The number of hydrogen-bond donors (Lipinski definition) is 2. The first-order valence-electron chi connectivity index (χ1n) is 11.8. The standard InChI is InChI=1S/C25H44N4O/c1-20(2)10-7-9-17-30-23-14-12-22(13-15-23)29(19-25(4,5)18-26)24(27)28-16-8-6-11-21(28)3/h12-15,20-21,27H,6-11,16-19,26H2,1-5H3. The summed E-state index contributed by atoms with van der Waals surface area (Å²) in [6.45, 7) is 14.1. The van der Waals surface area contributed by atoms with Gasteiger partial charge in [0.15, 0.2) is 5.96 Å². The monoisotopic (exact) mass is 416 g/mol. The smallest absolute Gasteiger partial charge is 0.198 e. The molecule has 1 unspecified atom stereocenters. The number of unbranched alkanes of at least 4 members (excludes halogenated alkanes) is 1. The number of ether oxygens (including phenoxy) is 1. The second-order valence-electron chi connectivity index (χ2n) is 10.0. The van der Waals surface area contributed by atoms with Gasteiger partial charge >= 0.3 is 0 Å². The molecular weight excluding hydrogens is 372 g/mol. The fourth-order valence-electron chi connectivity index (χ4n) is 3.92. The molecule has 0 amide bonds. The van der Waals surface area contributed by atoms with Crippen LogP contribution in [0.15, 0.2) is 24.3 Å². The van der Waals surface area contributed by atoms with Crippen LogP contribution in [-0.4, -0.2) is 43.1 Å². The van der Waals surface area contributed by atoms with Crippen molar-refractivity contribution in [1.29, 1.82) is 5.41 Å². The van der Waals surface area contributed by atoms with Gasteiger partial charge in [-0.1, -0.05) is 34.1 Å². The lowest BCUT2D eigenvalue weighted by atomic mass is 9.92. The number of nitrogens with one attached hydrogen (secondary N) is 1. The summed E-state index contributed by atoms with van der Waals surface area (Å²) in [5, 5.41) is 8.99. The molecule has 0 saturated carbocycles. The van der Waals surface area contributed by atoms with Crippen molar-refractivity contribution in [3.8, 4) is 5.75 Å². The molecule has 1 aromatic carbocycles. The highest BCUT2D eigenvalue weighted by Gasteiger charge is 2.29. The van der Waals surface area contributed by atoms with Crippen molar-refractivity contribution in [3.05, 3.63) is 24.3 Å². The minimum absolute atomic E-state index is 0.0725. The first-order valence-corrected chi connectivity index (χ1v) is 11.8. The first-order chi connectivity index (χ1) is 14.2. The summed E-state index contributed by atoms with van der Waals surface area (Å²) in [5.41, 5.74) is 6.99. The van der Waals surface area contributed by atoms with E-state index in [0.717, 1.165) is 56.3 Å². The van der Waals surface area contributed by atoms with Gasteiger partial charge in [-0.25, -0.2) is 0 Å². The zero-order valence-corrected chi connectivity index (χ0v) is 19.9. The number of hydrogen-bond acceptors (Lipinski definition) is 3. The summed E-state index contributed by atoms with van der Waals surface area (Å²) in [7, 11) is 0. The number of anilines is 1. The molecule has 0 radical (unpaired) electrons. The van der Waals surface area contributed by atoms with E-state index in [-0.39, 0.29) is 5.41 Å². The number of likely N-dealkylation sites (tertiary alicyclic amines) is 1. The average molecular weight is 417 g/mol. The number of piperidine rings is 1. The van der Waals surface area contributed by atoms with E-state index in [1.54, 1.807) is 0 Å². The molecule has 1 aliphatic rings. The quantitative estimate of drug-likeness (QED) is 0.301. The number of benzene rings is 1. The second-order valence-corrected chi connectivity index (χ2v) is 10.0. The molecule has 170 valence electrons. The third-order valence-electron chi connectivity index (χ3n) is 6.06. The van der Waals surface area contributed by atoms with Crippen molar-refractivity contribution in [1.82, 2.24) is 4.90 Å². The maximum absolute atomic E-state index is 8.99. The largest absolute Gasteiger partial charge is 0.494 e. The van der Waals surface area contributed by atoms with E-state index >= 15 is 0 Å². The van der Waals surface area contributed by atoms with Crippen molar-refractivity contribution < 1.29 is 4.74 Å². The lowest BCUT2D eigenvalue weighted by molar-refractivity contribution is 0.250. The van der Waals surface area contributed by atoms with E-state index in [4.69, 9.17) is 15.9 Å². The number of guanidine groups is 1. The van der Waals surface area contributed by atoms with Crippen LogP contribution in [0.1, 0.15) is 73.1 Å². The Labute approximate surface area is 184 Å². The van der Waals surface area contributed by atoms with E-state index < -0.39 is 0 Å². The van der Waals surface area contributed by atoms with E-state index in [9.17, 15) is 0 Å². The molecule has 0 aliphatic carbocycles. The van der Waals surface area contributed by atoms with Crippen molar-refractivity contribution in [3.63, 3.8) is 0 Å². The molecular formula is C25H44N4O. The summed E-state index contributed by atoms with van der Waals surface area (Å²) in [6, 6.07) is 8.64. The van der Waals surface area contributed by atoms with Crippen molar-refractivity contribution in [2.45, 2.75) is 79.2 Å². The molecule has 30 heavy (non-hydrogen) atoms. The Morgan fingerprint density at radius 1 is 1.23 bits per heavy atom. The summed E-state index contributed by atoms with van der Waals surface area (Å²) < 4.78 is 5.94. The first kappa shape index (κ1) is 24.5. The minimum atomic E-state index is -0.0725. The molecule has 0 spiro atoms. The highest BCUT2D eigenvalue weighted by Crippen LogP contribution is 2.27. The summed E-state index contributed by atoms with van der Waals surface area (Å²) in [6.07, 6.45) is 7.12. The molecule has 2 rings (SSSR count). The summed E-state index contributed by atoms with van der Waals surface area (Å²) in [4.78, 5) is 4.37. The Hall–Kier alpha value is -1.75. The van der Waals surface area contributed by atoms with Crippen LogP contribution in [0.2, 0.25) is 0 Å². The minimum Gasteiger partial charge on any atom is -0.494 e. The molecule has 1 atom stereocenters. The highest BCUT2D eigenvalue weighted by molar-refractivity contribution is 5.94. The lowest BCUT2D eigenvalue weighted by Crippen LogP contribution is -2.53. The van der Waals surface area contributed by atoms with Gasteiger partial charge in [0, 0.05) is 24.8 Å². The molecule has 5 nitrogen and oxygen atoms in total. The van der Waals surface area contributed by atoms with Crippen LogP contribution in [0, 0.1) is 16.7 Å². The maximum Gasteiger partial charge on any atom is 0.198 e.